The summed E-state index contributed by atoms with van der Waals surface area (Å²) in [5, 5.41) is 26.9. The van der Waals surface area contributed by atoms with Gasteiger partial charge in [0.15, 0.2) is 11.6 Å². The maximum Gasteiger partial charge on any atom is 0.166 e. The van der Waals surface area contributed by atoms with Gasteiger partial charge < -0.3 is 15.3 Å². The number of hydrogen-bond acceptors (Lipinski definition) is 3. The Morgan fingerprint density at radius 3 is 2.62 bits per heavy atom. The number of aliphatic hydroxyl groups is 2. The van der Waals surface area contributed by atoms with E-state index in [-0.39, 0.29) is 5.56 Å². The molecule has 0 radical (unpaired) electrons. The molecule has 72 valence electrons. The molecule has 0 amide bonds. The molecule has 1 aromatic rings. The van der Waals surface area contributed by atoms with Crippen molar-refractivity contribution in [2.75, 3.05) is 6.61 Å². The lowest BCUT2D eigenvalue weighted by molar-refractivity contribution is 0.0929. The van der Waals surface area contributed by atoms with Crippen LogP contribution in [0, 0.1) is 5.82 Å². The maximum atomic E-state index is 12.9. The summed E-state index contributed by atoms with van der Waals surface area (Å²) >= 11 is 3.00. The van der Waals surface area contributed by atoms with Gasteiger partial charge in [-0.1, -0.05) is 15.9 Å². The number of phenolic OH excluding ortho intramolecular Hbond substituents is 1. The Balaban J connectivity index is 3.20. The van der Waals surface area contributed by atoms with Crippen molar-refractivity contribution < 1.29 is 19.7 Å². The van der Waals surface area contributed by atoms with E-state index < -0.39 is 24.3 Å². The Bertz CT molecular complexity index is 317. The summed E-state index contributed by atoms with van der Waals surface area (Å²) < 4.78 is 13.3. The van der Waals surface area contributed by atoms with Crippen LogP contribution in [0.2, 0.25) is 0 Å². The van der Waals surface area contributed by atoms with Crippen LogP contribution in [0.5, 0.6) is 5.75 Å². The highest BCUT2D eigenvalue weighted by atomic mass is 79.9. The summed E-state index contributed by atoms with van der Waals surface area (Å²) in [5.41, 5.74) is -0.0330. The van der Waals surface area contributed by atoms with Gasteiger partial charge >= 0.3 is 0 Å². The van der Waals surface area contributed by atoms with Gasteiger partial charge in [-0.3, -0.25) is 0 Å². The number of halogens is 2. The molecular formula is C8H8BrFO3. The van der Waals surface area contributed by atoms with Crippen molar-refractivity contribution in [3.63, 3.8) is 0 Å². The van der Waals surface area contributed by atoms with Gasteiger partial charge in [-0.25, -0.2) is 4.39 Å². The first-order chi connectivity index (χ1) is 6.06. The molecule has 1 atom stereocenters. The van der Waals surface area contributed by atoms with Crippen LogP contribution in [0.1, 0.15) is 11.7 Å². The molecule has 0 fully saturated rings. The Morgan fingerprint density at radius 1 is 1.46 bits per heavy atom. The normalized spacial score (nSPS) is 12.9. The molecule has 0 saturated heterocycles. The van der Waals surface area contributed by atoms with Gasteiger partial charge in [-0.05, 0) is 12.1 Å². The first-order valence-corrected chi connectivity index (χ1v) is 4.32. The molecule has 0 aliphatic rings. The third-order valence-corrected chi connectivity index (χ3v) is 2.05. The molecule has 0 heterocycles. The summed E-state index contributed by atoms with van der Waals surface area (Å²) in [7, 11) is 0. The van der Waals surface area contributed by atoms with E-state index in [0.29, 0.717) is 4.47 Å². The molecule has 0 spiro atoms. The molecule has 1 rings (SSSR count). The van der Waals surface area contributed by atoms with Crippen LogP contribution < -0.4 is 0 Å². The zero-order valence-corrected chi connectivity index (χ0v) is 8.12. The molecule has 0 bridgehead atoms. The van der Waals surface area contributed by atoms with E-state index in [1.807, 2.05) is 0 Å². The zero-order valence-electron chi connectivity index (χ0n) is 6.54. The Morgan fingerprint density at radius 2 is 2.08 bits per heavy atom. The Hall–Kier alpha value is -0.650. The second-order valence-corrected chi connectivity index (χ2v) is 3.44. The van der Waals surface area contributed by atoms with Crippen molar-refractivity contribution in [1.29, 1.82) is 0 Å². The van der Waals surface area contributed by atoms with Crippen LogP contribution in [0.3, 0.4) is 0 Å². The van der Waals surface area contributed by atoms with Crippen LogP contribution >= 0.6 is 15.9 Å². The number of rotatable bonds is 2. The van der Waals surface area contributed by atoms with Crippen LogP contribution in [0.15, 0.2) is 16.6 Å². The Kier molecular flexibility index (Phi) is 3.24. The number of hydrogen-bond donors (Lipinski definition) is 3. The number of aromatic hydroxyl groups is 1. The van der Waals surface area contributed by atoms with Crippen molar-refractivity contribution in [2.45, 2.75) is 6.10 Å². The van der Waals surface area contributed by atoms with Gasteiger partial charge in [0.1, 0.15) is 6.10 Å². The predicted octanol–water partition coefficient (Wildman–Crippen LogP) is 1.32. The molecule has 1 unspecified atom stereocenters. The van der Waals surface area contributed by atoms with Gasteiger partial charge in [0.05, 0.1) is 6.61 Å². The molecule has 0 aliphatic heterocycles. The van der Waals surface area contributed by atoms with E-state index in [0.717, 1.165) is 6.07 Å². The van der Waals surface area contributed by atoms with Crippen molar-refractivity contribution in [3.8, 4) is 5.75 Å². The fraction of sp³-hybridized carbons (Fsp3) is 0.250. The fourth-order valence-corrected chi connectivity index (χ4v) is 1.39. The molecule has 1 aromatic carbocycles. The van der Waals surface area contributed by atoms with E-state index in [1.165, 1.54) is 6.07 Å². The van der Waals surface area contributed by atoms with Crippen LogP contribution in [-0.2, 0) is 0 Å². The zero-order chi connectivity index (χ0) is 10.0. The van der Waals surface area contributed by atoms with E-state index in [4.69, 9.17) is 15.3 Å². The minimum Gasteiger partial charge on any atom is -0.505 e. The second-order valence-electron chi connectivity index (χ2n) is 2.52. The molecule has 0 saturated carbocycles. The van der Waals surface area contributed by atoms with E-state index >= 15 is 0 Å². The topological polar surface area (TPSA) is 60.7 Å². The number of aliphatic hydroxyl groups excluding tert-OH is 2. The summed E-state index contributed by atoms with van der Waals surface area (Å²) in [6.07, 6.45) is -1.27. The van der Waals surface area contributed by atoms with Crippen LogP contribution in [-0.4, -0.2) is 21.9 Å². The number of phenols is 1. The quantitative estimate of drug-likeness (QED) is 0.742. The van der Waals surface area contributed by atoms with Gasteiger partial charge in [-0.15, -0.1) is 0 Å². The summed E-state index contributed by atoms with van der Waals surface area (Å²) in [4.78, 5) is 0. The third-order valence-electron chi connectivity index (χ3n) is 1.59. The molecule has 0 aliphatic carbocycles. The molecule has 3 nitrogen and oxygen atoms in total. The lowest BCUT2D eigenvalue weighted by atomic mass is 10.1. The molecule has 5 heteroatoms. The highest BCUT2D eigenvalue weighted by molar-refractivity contribution is 9.10. The summed E-state index contributed by atoms with van der Waals surface area (Å²) in [5.74, 6) is -1.47. The molecule has 3 N–H and O–H groups in total. The lowest BCUT2D eigenvalue weighted by Gasteiger charge is -2.10. The first-order valence-electron chi connectivity index (χ1n) is 3.53. The molecular weight excluding hydrogens is 243 g/mol. The Labute approximate surface area is 82.6 Å². The minimum absolute atomic E-state index is 0.0330. The monoisotopic (exact) mass is 250 g/mol. The molecule has 0 aromatic heterocycles. The van der Waals surface area contributed by atoms with Crippen molar-refractivity contribution >= 4 is 15.9 Å². The van der Waals surface area contributed by atoms with Gasteiger partial charge in [0.25, 0.3) is 0 Å². The fourth-order valence-electron chi connectivity index (χ4n) is 0.938. The smallest absolute Gasteiger partial charge is 0.166 e. The average Bonchev–Trinajstić information content (AvgIpc) is 2.10. The maximum absolute atomic E-state index is 12.9. The standard InChI is InChI=1S/C8H8BrFO3/c9-4-1-5(7(12)3-11)8(13)6(10)2-4/h1-2,7,11-13H,3H2. The van der Waals surface area contributed by atoms with Crippen LogP contribution in [0.4, 0.5) is 4.39 Å². The summed E-state index contributed by atoms with van der Waals surface area (Å²) in [6, 6.07) is 2.42. The predicted molar refractivity (Wildman–Crippen MR) is 47.8 cm³/mol. The first kappa shape index (κ1) is 10.4. The summed E-state index contributed by atoms with van der Waals surface area (Å²) in [6.45, 7) is -0.566. The van der Waals surface area contributed by atoms with Gasteiger partial charge in [0, 0.05) is 10.0 Å². The minimum atomic E-state index is -1.27. The van der Waals surface area contributed by atoms with E-state index in [1.54, 1.807) is 0 Å². The van der Waals surface area contributed by atoms with Gasteiger partial charge in [0.2, 0.25) is 0 Å². The highest BCUT2D eigenvalue weighted by Gasteiger charge is 2.15. The van der Waals surface area contributed by atoms with Gasteiger partial charge in [-0.2, -0.15) is 0 Å². The van der Waals surface area contributed by atoms with E-state index in [9.17, 15) is 4.39 Å². The van der Waals surface area contributed by atoms with Crippen molar-refractivity contribution in [3.05, 3.63) is 28.0 Å². The van der Waals surface area contributed by atoms with Crippen LogP contribution in [0.25, 0.3) is 0 Å². The highest BCUT2D eigenvalue weighted by Crippen LogP contribution is 2.30. The second kappa shape index (κ2) is 4.04. The average molecular weight is 251 g/mol. The number of benzene rings is 1. The van der Waals surface area contributed by atoms with Crippen molar-refractivity contribution in [2.24, 2.45) is 0 Å². The third kappa shape index (κ3) is 2.18. The lowest BCUT2D eigenvalue weighted by Crippen LogP contribution is -2.03. The van der Waals surface area contributed by atoms with E-state index in [2.05, 4.69) is 15.9 Å². The molecule has 13 heavy (non-hydrogen) atoms. The largest absolute Gasteiger partial charge is 0.505 e. The SMILES string of the molecule is OCC(O)c1cc(Br)cc(F)c1O. The van der Waals surface area contributed by atoms with Crippen molar-refractivity contribution in [1.82, 2.24) is 0 Å².